The Balaban J connectivity index is 1.20. The number of aromatic nitrogens is 2. The maximum atomic E-state index is 14.5. The van der Waals surface area contributed by atoms with Gasteiger partial charge in [-0.15, -0.1) is 0 Å². The van der Waals surface area contributed by atoms with Gasteiger partial charge in [-0.05, 0) is 68.3 Å². The van der Waals surface area contributed by atoms with E-state index >= 15 is 0 Å². The summed E-state index contributed by atoms with van der Waals surface area (Å²) in [5.41, 5.74) is 0.921. The number of amides is 4. The third kappa shape index (κ3) is 7.45. The lowest BCUT2D eigenvalue weighted by Crippen LogP contribution is -2.56. The molecule has 268 valence electrons. The number of ether oxygens (including phenoxy) is 1. The van der Waals surface area contributed by atoms with E-state index in [-0.39, 0.29) is 42.1 Å². The lowest BCUT2D eigenvalue weighted by molar-refractivity contribution is -0.141. The monoisotopic (exact) mass is 720 g/mol. The van der Waals surface area contributed by atoms with Crippen LogP contribution in [0.3, 0.4) is 0 Å². The summed E-state index contributed by atoms with van der Waals surface area (Å²) in [7, 11) is 0. The minimum atomic E-state index is -1.04. The Bertz CT molecular complexity index is 2020. The SMILES string of the molecule is CC(=O)[C@@]12C[C@@H]1/C=C\CCCCC[C@H](NC(=O)c1ccsc1)C(=O)N1CC(Oc3nc4ccccc4nc3C(=O)Nc3ccccc3)C[C@H]1C(=O)N2. The first kappa shape index (κ1) is 35.0. The number of Topliss-reactive ketones (excluding diaryl/α,β-unsaturated/α-hetero) is 1. The molecule has 12 nitrogen and oxygen atoms in total. The van der Waals surface area contributed by atoms with E-state index in [9.17, 15) is 24.0 Å². The molecule has 0 radical (unpaired) electrons. The van der Waals surface area contributed by atoms with Crippen LogP contribution in [0.1, 0.15) is 72.7 Å². The molecule has 2 aromatic carbocycles. The third-order valence-corrected chi connectivity index (χ3v) is 10.7. The van der Waals surface area contributed by atoms with E-state index in [1.165, 1.54) is 23.2 Å². The number of nitrogens with one attached hydrogen (secondary N) is 3. The summed E-state index contributed by atoms with van der Waals surface area (Å²) in [5.74, 6) is -2.12. The molecule has 52 heavy (non-hydrogen) atoms. The smallest absolute Gasteiger partial charge is 0.279 e. The number of carbonyl (C=O) groups excluding carboxylic acids is 5. The molecule has 0 spiro atoms. The Morgan fingerprint density at radius 1 is 0.962 bits per heavy atom. The molecular weight excluding hydrogens is 681 g/mol. The minimum absolute atomic E-state index is 0.0214. The van der Waals surface area contributed by atoms with E-state index in [2.05, 4.69) is 32.0 Å². The van der Waals surface area contributed by atoms with Crippen LogP contribution < -0.4 is 20.7 Å². The molecule has 7 rings (SSSR count). The summed E-state index contributed by atoms with van der Waals surface area (Å²) in [6.07, 6.45) is 7.45. The molecule has 1 saturated carbocycles. The van der Waals surface area contributed by atoms with Gasteiger partial charge < -0.3 is 25.6 Å². The summed E-state index contributed by atoms with van der Waals surface area (Å²) in [4.78, 5) is 79.1. The number of rotatable bonds is 7. The lowest BCUT2D eigenvalue weighted by atomic mass is 10.0. The number of hydrogen-bond donors (Lipinski definition) is 3. The van der Waals surface area contributed by atoms with Crippen molar-refractivity contribution < 1.29 is 28.7 Å². The lowest BCUT2D eigenvalue weighted by Gasteiger charge is -2.29. The van der Waals surface area contributed by atoms with Gasteiger partial charge in [-0.25, -0.2) is 9.97 Å². The molecule has 4 aromatic rings. The van der Waals surface area contributed by atoms with Gasteiger partial charge in [0.1, 0.15) is 23.7 Å². The molecule has 2 aliphatic heterocycles. The van der Waals surface area contributed by atoms with E-state index in [0.29, 0.717) is 41.5 Å². The Hall–Kier alpha value is -5.43. The van der Waals surface area contributed by atoms with Crippen LogP contribution in [0.4, 0.5) is 5.69 Å². The average molecular weight is 721 g/mol. The van der Waals surface area contributed by atoms with Crippen LogP contribution in [0, 0.1) is 5.92 Å². The number of anilines is 1. The van der Waals surface area contributed by atoms with Crippen molar-refractivity contribution in [3.8, 4) is 5.88 Å². The second-order valence-electron chi connectivity index (χ2n) is 13.6. The summed E-state index contributed by atoms with van der Waals surface area (Å²) in [6.45, 7) is 1.45. The van der Waals surface area contributed by atoms with E-state index < -0.39 is 41.4 Å². The molecule has 2 aromatic heterocycles. The molecule has 5 atom stereocenters. The molecule has 4 amide bonds. The predicted octanol–water partition coefficient (Wildman–Crippen LogP) is 5.07. The zero-order chi connectivity index (χ0) is 36.2. The highest BCUT2D eigenvalue weighted by atomic mass is 32.1. The second-order valence-corrected chi connectivity index (χ2v) is 14.4. The van der Waals surface area contributed by atoms with Crippen molar-refractivity contribution in [1.29, 1.82) is 0 Å². The van der Waals surface area contributed by atoms with Crippen molar-refractivity contribution >= 4 is 57.5 Å². The number of nitrogens with zero attached hydrogens (tertiary/aromatic N) is 3. The zero-order valence-electron chi connectivity index (χ0n) is 28.7. The molecule has 2 fully saturated rings. The standard InChI is InChI=1S/C39H40N6O6S/c1-24(46)39-21-26(39)12-6-3-2-4-9-17-31(42-34(47)25-18-19-52-23-25)38(50)45-22-28(20-32(45)35(48)44-39)51-37-33(36(49)40-27-13-7-5-8-14-27)41-29-15-10-11-16-30(29)43-37/h5-8,10-16,18-19,23,26,28,31-32H,2-4,9,17,20-22H2,1H3,(H,40,49)(H,42,47)(H,44,48)/b12-6-/t26-,28?,31-,32-,39-/m0/s1. The van der Waals surface area contributed by atoms with Crippen LogP contribution in [-0.2, 0) is 14.4 Å². The van der Waals surface area contributed by atoms with Crippen molar-refractivity contribution in [2.45, 2.75) is 75.6 Å². The van der Waals surface area contributed by atoms with E-state index in [1.54, 1.807) is 65.4 Å². The van der Waals surface area contributed by atoms with Gasteiger partial charge in [-0.1, -0.05) is 55.3 Å². The van der Waals surface area contributed by atoms with Crippen molar-refractivity contribution in [3.63, 3.8) is 0 Å². The highest BCUT2D eigenvalue weighted by Gasteiger charge is 2.59. The first-order valence-electron chi connectivity index (χ1n) is 17.6. The van der Waals surface area contributed by atoms with Crippen LogP contribution in [0.2, 0.25) is 0 Å². The zero-order valence-corrected chi connectivity index (χ0v) is 29.6. The first-order chi connectivity index (χ1) is 25.2. The van der Waals surface area contributed by atoms with Gasteiger partial charge in [0.25, 0.3) is 11.8 Å². The van der Waals surface area contributed by atoms with Crippen LogP contribution in [0.25, 0.3) is 11.0 Å². The van der Waals surface area contributed by atoms with Gasteiger partial charge in [-0.2, -0.15) is 11.3 Å². The van der Waals surface area contributed by atoms with Crippen LogP contribution in [0.5, 0.6) is 5.88 Å². The quantitative estimate of drug-likeness (QED) is 0.223. The maximum Gasteiger partial charge on any atom is 0.279 e. The molecule has 13 heteroatoms. The van der Waals surface area contributed by atoms with Crippen LogP contribution in [-0.4, -0.2) is 74.6 Å². The van der Waals surface area contributed by atoms with Crippen LogP contribution in [0.15, 0.2) is 83.6 Å². The number of hydrogen-bond acceptors (Lipinski definition) is 9. The fraction of sp³-hybridized carbons (Fsp3) is 0.359. The van der Waals surface area contributed by atoms with Crippen molar-refractivity contribution in [2.24, 2.45) is 5.92 Å². The Kier molecular flexibility index (Phi) is 10.1. The van der Waals surface area contributed by atoms with Crippen molar-refractivity contribution in [1.82, 2.24) is 25.5 Å². The van der Waals surface area contributed by atoms with Gasteiger partial charge >= 0.3 is 0 Å². The number of carbonyl (C=O) groups is 5. The minimum Gasteiger partial charge on any atom is -0.471 e. The topological polar surface area (TPSA) is 160 Å². The third-order valence-electron chi connectivity index (χ3n) is 10.0. The van der Waals surface area contributed by atoms with E-state index in [4.69, 9.17) is 4.74 Å². The fourth-order valence-corrected chi connectivity index (χ4v) is 7.70. The summed E-state index contributed by atoms with van der Waals surface area (Å²) >= 11 is 1.38. The first-order valence-corrected chi connectivity index (χ1v) is 18.6. The van der Waals surface area contributed by atoms with E-state index in [0.717, 1.165) is 19.3 Å². The molecular formula is C39H40N6O6S. The summed E-state index contributed by atoms with van der Waals surface area (Å²) < 4.78 is 6.42. The summed E-state index contributed by atoms with van der Waals surface area (Å²) in [5, 5.41) is 12.3. The van der Waals surface area contributed by atoms with E-state index in [1.807, 2.05) is 12.1 Å². The molecule has 4 heterocycles. The number of fused-ring (bicyclic) bond motifs is 3. The molecule has 3 aliphatic rings. The molecule has 1 unspecified atom stereocenters. The van der Waals surface area contributed by atoms with Gasteiger partial charge in [-0.3, -0.25) is 24.0 Å². The largest absolute Gasteiger partial charge is 0.471 e. The number of para-hydroxylation sites is 3. The Morgan fingerprint density at radius 3 is 2.48 bits per heavy atom. The number of ketones is 1. The van der Waals surface area contributed by atoms with Crippen molar-refractivity contribution in [2.75, 3.05) is 11.9 Å². The maximum absolute atomic E-state index is 14.5. The molecule has 1 saturated heterocycles. The summed E-state index contributed by atoms with van der Waals surface area (Å²) in [6, 6.07) is 15.8. The average Bonchev–Trinajstić information content (AvgIpc) is 3.44. The Labute approximate surface area is 305 Å². The van der Waals surface area contributed by atoms with Gasteiger partial charge in [0.05, 0.1) is 23.1 Å². The molecule has 3 N–H and O–H groups in total. The van der Waals surface area contributed by atoms with Crippen LogP contribution >= 0.6 is 11.3 Å². The number of allylic oxidation sites excluding steroid dienone is 1. The molecule has 0 bridgehead atoms. The van der Waals surface area contributed by atoms with Gasteiger partial charge in [0.2, 0.25) is 17.7 Å². The highest BCUT2D eigenvalue weighted by molar-refractivity contribution is 7.08. The molecule has 1 aliphatic carbocycles. The number of benzene rings is 2. The van der Waals surface area contributed by atoms with Gasteiger partial charge in [0, 0.05) is 23.4 Å². The Morgan fingerprint density at radius 2 is 1.73 bits per heavy atom. The van der Waals surface area contributed by atoms with Gasteiger partial charge in [0.15, 0.2) is 11.5 Å². The predicted molar refractivity (Wildman–Crippen MR) is 196 cm³/mol. The second kappa shape index (κ2) is 15.0. The van der Waals surface area contributed by atoms with Crippen molar-refractivity contribution in [3.05, 3.63) is 94.8 Å². The fourth-order valence-electron chi connectivity index (χ4n) is 7.06. The highest BCUT2D eigenvalue weighted by Crippen LogP contribution is 2.46. The normalized spacial score (nSPS) is 25.4. The number of thiophene rings is 1.